The number of methoxy groups -OCH3 is 1. The molecule has 0 aliphatic rings. The summed E-state index contributed by atoms with van der Waals surface area (Å²) in [4.78, 5) is 23.9. The molecule has 0 bridgehead atoms. The van der Waals surface area contributed by atoms with Crippen molar-refractivity contribution in [3.8, 4) is 5.75 Å². The molecule has 1 aromatic heterocycles. The molecule has 6 heteroatoms. The van der Waals surface area contributed by atoms with Crippen LogP contribution < -0.4 is 10.1 Å². The molecule has 0 fully saturated rings. The summed E-state index contributed by atoms with van der Waals surface area (Å²) in [6, 6.07) is 10.5. The molecule has 110 valence electrons. The highest BCUT2D eigenvalue weighted by Gasteiger charge is 2.22. The van der Waals surface area contributed by atoms with Crippen LogP contribution in [0.15, 0.2) is 41.8 Å². The van der Waals surface area contributed by atoms with Crippen molar-refractivity contribution in [2.24, 2.45) is 0 Å². The largest absolute Gasteiger partial charge is 0.495 e. The monoisotopic (exact) mass is 305 g/mol. The number of carboxylic acids is 1. The Morgan fingerprint density at radius 3 is 2.62 bits per heavy atom. The van der Waals surface area contributed by atoms with Crippen LogP contribution in [0.3, 0.4) is 0 Å². The number of amides is 1. The van der Waals surface area contributed by atoms with Crippen molar-refractivity contribution in [2.75, 3.05) is 13.7 Å². The second kappa shape index (κ2) is 6.90. The lowest BCUT2D eigenvalue weighted by molar-refractivity contribution is -0.138. The summed E-state index contributed by atoms with van der Waals surface area (Å²) in [5, 5.41) is 13.7. The van der Waals surface area contributed by atoms with Gasteiger partial charge in [-0.2, -0.15) is 0 Å². The fourth-order valence-corrected chi connectivity index (χ4v) is 2.71. The zero-order chi connectivity index (χ0) is 15.2. The maximum absolute atomic E-state index is 12.1. The zero-order valence-corrected chi connectivity index (χ0v) is 12.2. The zero-order valence-electron chi connectivity index (χ0n) is 11.4. The van der Waals surface area contributed by atoms with Crippen LogP contribution in [-0.2, 0) is 4.79 Å². The van der Waals surface area contributed by atoms with E-state index >= 15 is 0 Å². The molecule has 0 spiro atoms. The van der Waals surface area contributed by atoms with Crippen molar-refractivity contribution in [1.29, 1.82) is 0 Å². The molecule has 2 rings (SSSR count). The number of aliphatic carboxylic acids is 1. The Hall–Kier alpha value is -2.34. The fourth-order valence-electron chi connectivity index (χ4n) is 1.93. The molecule has 0 saturated carbocycles. The van der Waals surface area contributed by atoms with Crippen LogP contribution in [0.2, 0.25) is 0 Å². The van der Waals surface area contributed by atoms with Gasteiger partial charge in [-0.05, 0) is 17.0 Å². The van der Waals surface area contributed by atoms with Crippen molar-refractivity contribution >= 4 is 23.2 Å². The predicted molar refractivity (Wildman–Crippen MR) is 80.0 cm³/mol. The van der Waals surface area contributed by atoms with Crippen molar-refractivity contribution in [2.45, 2.75) is 5.92 Å². The minimum atomic E-state index is -0.973. The normalized spacial score (nSPS) is 11.7. The van der Waals surface area contributed by atoms with E-state index in [-0.39, 0.29) is 12.5 Å². The van der Waals surface area contributed by atoms with E-state index in [1.165, 1.54) is 18.4 Å². The van der Waals surface area contributed by atoms with E-state index in [1.54, 1.807) is 35.7 Å². The summed E-state index contributed by atoms with van der Waals surface area (Å²) in [6.07, 6.45) is 0. The van der Waals surface area contributed by atoms with E-state index in [4.69, 9.17) is 4.74 Å². The van der Waals surface area contributed by atoms with Crippen LogP contribution in [0.25, 0.3) is 0 Å². The minimum Gasteiger partial charge on any atom is -0.495 e. The third-order valence-corrected chi connectivity index (χ3v) is 3.92. The summed E-state index contributed by atoms with van der Waals surface area (Å²) in [5.41, 5.74) is 0.656. The topological polar surface area (TPSA) is 75.6 Å². The highest BCUT2D eigenvalue weighted by molar-refractivity contribution is 7.12. The number of carbonyl (C=O) groups is 2. The van der Waals surface area contributed by atoms with Gasteiger partial charge in [-0.3, -0.25) is 9.59 Å². The Kier molecular flexibility index (Phi) is 4.94. The van der Waals surface area contributed by atoms with Gasteiger partial charge in [0.25, 0.3) is 5.91 Å². The summed E-state index contributed by atoms with van der Waals surface area (Å²) in [7, 11) is 1.49. The molecule has 5 nitrogen and oxygen atoms in total. The Balaban J connectivity index is 2.06. The van der Waals surface area contributed by atoms with Crippen LogP contribution in [0, 0.1) is 0 Å². The number of ether oxygens (including phenoxy) is 1. The van der Waals surface area contributed by atoms with Gasteiger partial charge in [0, 0.05) is 6.54 Å². The molecular weight excluding hydrogens is 290 g/mol. The average Bonchev–Trinajstić information content (AvgIpc) is 2.96. The quantitative estimate of drug-likeness (QED) is 0.859. The molecule has 2 aromatic rings. The summed E-state index contributed by atoms with van der Waals surface area (Å²) >= 11 is 1.25. The van der Waals surface area contributed by atoms with E-state index in [0.717, 1.165) is 0 Å². The fraction of sp³-hybridized carbons (Fsp3) is 0.200. The second-order valence-corrected chi connectivity index (χ2v) is 5.25. The molecule has 21 heavy (non-hydrogen) atoms. The Bertz CT molecular complexity index is 624. The van der Waals surface area contributed by atoms with Gasteiger partial charge in [0.1, 0.15) is 10.6 Å². The number of nitrogens with one attached hydrogen (secondary N) is 1. The van der Waals surface area contributed by atoms with E-state index in [0.29, 0.717) is 16.2 Å². The predicted octanol–water partition coefficient (Wildman–Crippen LogP) is 2.35. The van der Waals surface area contributed by atoms with Gasteiger partial charge in [-0.25, -0.2) is 0 Å². The highest BCUT2D eigenvalue weighted by Crippen LogP contribution is 2.24. The lowest BCUT2D eigenvalue weighted by Crippen LogP contribution is -2.31. The molecule has 0 saturated heterocycles. The number of thiophene rings is 1. The number of hydrogen-bond acceptors (Lipinski definition) is 4. The molecular formula is C15H15NO4S. The van der Waals surface area contributed by atoms with Crippen LogP contribution in [0.5, 0.6) is 5.75 Å². The number of hydrogen-bond donors (Lipinski definition) is 2. The molecule has 1 heterocycles. The molecule has 1 unspecified atom stereocenters. The van der Waals surface area contributed by atoms with Crippen LogP contribution >= 0.6 is 11.3 Å². The number of benzene rings is 1. The van der Waals surface area contributed by atoms with Crippen molar-refractivity contribution in [3.63, 3.8) is 0 Å². The molecule has 2 N–H and O–H groups in total. The molecule has 0 aliphatic heterocycles. The van der Waals surface area contributed by atoms with Gasteiger partial charge < -0.3 is 15.2 Å². The van der Waals surface area contributed by atoms with E-state index in [2.05, 4.69) is 5.32 Å². The lowest BCUT2D eigenvalue weighted by atomic mass is 9.99. The van der Waals surface area contributed by atoms with Crippen molar-refractivity contribution in [3.05, 3.63) is 52.2 Å². The first-order valence-electron chi connectivity index (χ1n) is 6.31. The van der Waals surface area contributed by atoms with Crippen LogP contribution in [0.1, 0.15) is 21.2 Å². The maximum atomic E-state index is 12.1. The Labute approximate surface area is 126 Å². The molecule has 1 aromatic carbocycles. The van der Waals surface area contributed by atoms with Crippen LogP contribution in [-0.4, -0.2) is 30.6 Å². The third kappa shape index (κ3) is 3.61. The molecule has 0 aliphatic carbocycles. The Morgan fingerprint density at radius 2 is 2.00 bits per heavy atom. The van der Waals surface area contributed by atoms with E-state index in [1.807, 2.05) is 6.07 Å². The van der Waals surface area contributed by atoms with Gasteiger partial charge in [0.2, 0.25) is 0 Å². The molecule has 1 atom stereocenters. The van der Waals surface area contributed by atoms with Crippen molar-refractivity contribution in [1.82, 2.24) is 5.32 Å². The van der Waals surface area contributed by atoms with Gasteiger partial charge in [0.05, 0.1) is 13.0 Å². The van der Waals surface area contributed by atoms with Gasteiger partial charge >= 0.3 is 5.97 Å². The first-order chi connectivity index (χ1) is 10.1. The number of rotatable bonds is 6. The van der Waals surface area contributed by atoms with Gasteiger partial charge in [-0.1, -0.05) is 30.3 Å². The summed E-state index contributed by atoms with van der Waals surface area (Å²) in [6.45, 7) is 0.0270. The maximum Gasteiger partial charge on any atom is 0.312 e. The van der Waals surface area contributed by atoms with Crippen molar-refractivity contribution < 1.29 is 19.4 Å². The number of carbonyl (C=O) groups excluding carboxylic acids is 1. The number of carboxylic acid groups (broad SMARTS) is 1. The van der Waals surface area contributed by atoms with E-state index in [9.17, 15) is 14.7 Å². The smallest absolute Gasteiger partial charge is 0.312 e. The first kappa shape index (κ1) is 15.1. The highest BCUT2D eigenvalue weighted by atomic mass is 32.1. The van der Waals surface area contributed by atoms with Gasteiger partial charge in [-0.15, -0.1) is 11.3 Å². The second-order valence-electron chi connectivity index (χ2n) is 4.33. The summed E-state index contributed by atoms with van der Waals surface area (Å²) < 4.78 is 5.08. The Morgan fingerprint density at radius 1 is 1.29 bits per heavy atom. The van der Waals surface area contributed by atoms with Gasteiger partial charge in [0.15, 0.2) is 0 Å². The van der Waals surface area contributed by atoms with Crippen LogP contribution in [0.4, 0.5) is 0 Å². The standard InChI is InChI=1S/C15H15NO4S/c1-20-12-7-8-21-13(12)14(17)16-9-11(15(18)19)10-5-3-2-4-6-10/h2-8,11H,9H2,1H3,(H,16,17)(H,18,19). The summed E-state index contributed by atoms with van der Waals surface area (Å²) in [5.74, 6) is -1.59. The minimum absolute atomic E-state index is 0.0270. The SMILES string of the molecule is COc1ccsc1C(=O)NCC(C(=O)O)c1ccccc1. The molecule has 1 amide bonds. The average molecular weight is 305 g/mol. The molecule has 0 radical (unpaired) electrons. The first-order valence-corrected chi connectivity index (χ1v) is 7.19. The third-order valence-electron chi connectivity index (χ3n) is 3.02. The van der Waals surface area contributed by atoms with E-state index < -0.39 is 11.9 Å². The lowest BCUT2D eigenvalue weighted by Gasteiger charge is -2.13.